The number of hydrogen-bond donors (Lipinski definition) is 1. The number of alkyl halides is 3. The van der Waals surface area contributed by atoms with Gasteiger partial charge in [0.25, 0.3) is 5.91 Å². The van der Waals surface area contributed by atoms with E-state index in [2.05, 4.69) is 5.32 Å². The SMILES string of the molecule is O=C(COC(=O)c1sccc1S(=O)(=O)N1CCCC1)Nc1cccc(C(F)(F)F)c1. The monoisotopic (exact) mass is 462 g/mol. The summed E-state index contributed by atoms with van der Waals surface area (Å²) in [5.41, 5.74) is -1.05. The lowest BCUT2D eigenvalue weighted by molar-refractivity contribution is -0.137. The predicted molar refractivity (Wildman–Crippen MR) is 103 cm³/mol. The third-order valence-corrected chi connectivity index (χ3v) is 7.27. The second kappa shape index (κ2) is 8.74. The average Bonchev–Trinajstić information content (AvgIpc) is 3.38. The van der Waals surface area contributed by atoms with E-state index in [-0.39, 0.29) is 15.5 Å². The number of sulfonamides is 1. The number of ether oxygens (including phenoxy) is 1. The molecule has 162 valence electrons. The highest BCUT2D eigenvalue weighted by atomic mass is 32.2. The molecule has 7 nitrogen and oxygen atoms in total. The highest BCUT2D eigenvalue weighted by Crippen LogP contribution is 2.31. The molecule has 2 heterocycles. The number of carbonyl (C=O) groups is 2. The van der Waals surface area contributed by atoms with Crippen LogP contribution in [0.3, 0.4) is 0 Å². The molecular weight excluding hydrogens is 445 g/mol. The van der Waals surface area contributed by atoms with Crippen LogP contribution in [0.15, 0.2) is 40.6 Å². The first-order valence-electron chi connectivity index (χ1n) is 8.81. The van der Waals surface area contributed by atoms with Crippen molar-refractivity contribution in [2.24, 2.45) is 0 Å². The Hall–Kier alpha value is -2.44. The summed E-state index contributed by atoms with van der Waals surface area (Å²) in [4.78, 5) is 23.9. The molecule has 1 aromatic carbocycles. The maximum absolute atomic E-state index is 12.7. The molecule has 0 saturated carbocycles. The van der Waals surface area contributed by atoms with Crippen molar-refractivity contribution in [3.63, 3.8) is 0 Å². The van der Waals surface area contributed by atoms with Gasteiger partial charge in [-0.3, -0.25) is 4.79 Å². The van der Waals surface area contributed by atoms with Gasteiger partial charge in [-0.25, -0.2) is 13.2 Å². The van der Waals surface area contributed by atoms with E-state index in [4.69, 9.17) is 4.74 Å². The van der Waals surface area contributed by atoms with Crippen LogP contribution in [-0.4, -0.2) is 44.3 Å². The van der Waals surface area contributed by atoms with Crippen LogP contribution in [0, 0.1) is 0 Å². The van der Waals surface area contributed by atoms with Gasteiger partial charge >= 0.3 is 12.1 Å². The minimum absolute atomic E-state index is 0.112. The van der Waals surface area contributed by atoms with E-state index in [0.717, 1.165) is 42.4 Å². The Morgan fingerprint density at radius 1 is 1.17 bits per heavy atom. The van der Waals surface area contributed by atoms with Gasteiger partial charge in [0.15, 0.2) is 6.61 Å². The molecule has 0 unspecified atom stereocenters. The number of thiophene rings is 1. The zero-order chi connectivity index (χ0) is 21.9. The Morgan fingerprint density at radius 2 is 1.87 bits per heavy atom. The fraction of sp³-hybridized carbons (Fsp3) is 0.333. The van der Waals surface area contributed by atoms with Gasteiger partial charge < -0.3 is 10.1 Å². The summed E-state index contributed by atoms with van der Waals surface area (Å²) in [6, 6.07) is 5.30. The summed E-state index contributed by atoms with van der Waals surface area (Å²) in [5.74, 6) is -1.86. The summed E-state index contributed by atoms with van der Waals surface area (Å²) in [6.45, 7) is -0.0473. The Balaban J connectivity index is 1.63. The molecule has 1 aromatic heterocycles. The van der Waals surface area contributed by atoms with Crippen molar-refractivity contribution >= 4 is 38.9 Å². The van der Waals surface area contributed by atoms with Crippen LogP contribution >= 0.6 is 11.3 Å². The number of hydrogen-bond acceptors (Lipinski definition) is 6. The molecular formula is C18H17F3N2O5S2. The average molecular weight is 462 g/mol. The molecule has 1 aliphatic rings. The van der Waals surface area contributed by atoms with Crippen LogP contribution < -0.4 is 5.32 Å². The second-order valence-corrected chi connectivity index (χ2v) is 9.25. The number of nitrogens with zero attached hydrogens (tertiary/aromatic N) is 1. The molecule has 0 radical (unpaired) electrons. The van der Waals surface area contributed by atoms with E-state index in [1.807, 2.05) is 0 Å². The maximum atomic E-state index is 12.7. The molecule has 30 heavy (non-hydrogen) atoms. The third-order valence-electron chi connectivity index (χ3n) is 4.31. The molecule has 1 saturated heterocycles. The van der Waals surface area contributed by atoms with E-state index >= 15 is 0 Å². The summed E-state index contributed by atoms with van der Waals surface area (Å²) >= 11 is 0.867. The van der Waals surface area contributed by atoms with Crippen LogP contribution in [0.25, 0.3) is 0 Å². The third kappa shape index (κ3) is 4.99. The van der Waals surface area contributed by atoms with Gasteiger partial charge in [-0.15, -0.1) is 11.3 Å². The lowest BCUT2D eigenvalue weighted by atomic mass is 10.2. The minimum atomic E-state index is -4.57. The van der Waals surface area contributed by atoms with Gasteiger partial charge in [0.2, 0.25) is 10.0 Å². The largest absolute Gasteiger partial charge is 0.451 e. The van der Waals surface area contributed by atoms with E-state index in [1.54, 1.807) is 0 Å². The van der Waals surface area contributed by atoms with Crippen LogP contribution in [-0.2, 0) is 25.7 Å². The molecule has 1 aliphatic heterocycles. The normalized spacial score (nSPS) is 15.2. The molecule has 1 fully saturated rings. The maximum Gasteiger partial charge on any atom is 0.416 e. The first-order chi connectivity index (χ1) is 14.1. The number of anilines is 1. The highest BCUT2D eigenvalue weighted by Gasteiger charge is 2.33. The van der Waals surface area contributed by atoms with Gasteiger partial charge in [-0.2, -0.15) is 17.5 Å². The number of benzene rings is 1. The van der Waals surface area contributed by atoms with Crippen LogP contribution in [0.4, 0.5) is 18.9 Å². The zero-order valence-corrected chi connectivity index (χ0v) is 17.1. The predicted octanol–water partition coefficient (Wildman–Crippen LogP) is 3.35. The Bertz CT molecular complexity index is 1040. The van der Waals surface area contributed by atoms with Crippen molar-refractivity contribution in [2.45, 2.75) is 23.9 Å². The molecule has 0 spiro atoms. The van der Waals surface area contributed by atoms with Crippen molar-refractivity contribution in [3.05, 3.63) is 46.2 Å². The molecule has 0 atom stereocenters. The van der Waals surface area contributed by atoms with Gasteiger partial charge in [-0.05, 0) is 42.5 Å². The molecule has 12 heteroatoms. The van der Waals surface area contributed by atoms with Gasteiger partial charge in [0.1, 0.15) is 9.77 Å². The molecule has 0 aliphatic carbocycles. The summed E-state index contributed by atoms with van der Waals surface area (Å²) < 4.78 is 69.7. The van der Waals surface area contributed by atoms with E-state index in [1.165, 1.54) is 21.8 Å². The quantitative estimate of drug-likeness (QED) is 0.665. The van der Waals surface area contributed by atoms with Crippen molar-refractivity contribution in [1.29, 1.82) is 0 Å². The Kier molecular flexibility index (Phi) is 6.48. The van der Waals surface area contributed by atoms with Crippen LogP contribution in [0.5, 0.6) is 0 Å². The smallest absolute Gasteiger partial charge is 0.416 e. The topological polar surface area (TPSA) is 92.8 Å². The van der Waals surface area contributed by atoms with E-state index < -0.39 is 40.2 Å². The van der Waals surface area contributed by atoms with Crippen molar-refractivity contribution < 1.29 is 35.9 Å². The summed E-state index contributed by atoms with van der Waals surface area (Å²) in [6.07, 6.45) is -3.10. The summed E-state index contributed by atoms with van der Waals surface area (Å²) in [7, 11) is -3.84. The fourth-order valence-electron chi connectivity index (χ4n) is 2.88. The molecule has 2 aromatic rings. The number of nitrogens with one attached hydrogen (secondary N) is 1. The fourth-order valence-corrected chi connectivity index (χ4v) is 5.68. The number of esters is 1. The van der Waals surface area contributed by atoms with Crippen molar-refractivity contribution in [2.75, 3.05) is 25.0 Å². The molecule has 1 N–H and O–H groups in total. The van der Waals surface area contributed by atoms with E-state index in [0.29, 0.717) is 13.1 Å². The second-order valence-electron chi connectivity index (χ2n) is 6.43. The standard InChI is InChI=1S/C18H17F3N2O5S2/c19-18(20,21)12-4-3-5-13(10-12)22-15(24)11-28-17(25)16-14(6-9-29-16)30(26,27)23-7-1-2-8-23/h3-6,9-10H,1-2,7-8,11H2,(H,22,24). The van der Waals surface area contributed by atoms with Crippen LogP contribution in [0.2, 0.25) is 0 Å². The molecule has 0 bridgehead atoms. The van der Waals surface area contributed by atoms with E-state index in [9.17, 15) is 31.2 Å². The number of halogens is 3. The van der Waals surface area contributed by atoms with Crippen molar-refractivity contribution in [1.82, 2.24) is 4.31 Å². The molecule has 3 rings (SSSR count). The van der Waals surface area contributed by atoms with Gasteiger partial charge in [0.05, 0.1) is 5.56 Å². The van der Waals surface area contributed by atoms with Gasteiger partial charge in [-0.1, -0.05) is 6.07 Å². The Labute approximate surface area is 174 Å². The van der Waals surface area contributed by atoms with Gasteiger partial charge in [0, 0.05) is 18.8 Å². The first-order valence-corrected chi connectivity index (χ1v) is 11.1. The Morgan fingerprint density at radius 3 is 2.53 bits per heavy atom. The number of carbonyl (C=O) groups excluding carboxylic acids is 2. The lowest BCUT2D eigenvalue weighted by Crippen LogP contribution is -2.29. The highest BCUT2D eigenvalue weighted by molar-refractivity contribution is 7.89. The van der Waals surface area contributed by atoms with Crippen LogP contribution in [0.1, 0.15) is 28.1 Å². The first kappa shape index (κ1) is 22.2. The zero-order valence-electron chi connectivity index (χ0n) is 15.4. The summed E-state index contributed by atoms with van der Waals surface area (Å²) in [5, 5.41) is 3.64. The minimum Gasteiger partial charge on any atom is -0.451 e. The number of rotatable bonds is 6. The lowest BCUT2D eigenvalue weighted by Gasteiger charge is -2.15. The molecule has 1 amide bonds. The van der Waals surface area contributed by atoms with Crippen molar-refractivity contribution in [3.8, 4) is 0 Å². The number of amides is 1.